The molecule has 0 saturated carbocycles. The van der Waals surface area contributed by atoms with Gasteiger partial charge in [0.15, 0.2) is 5.75 Å². The lowest BCUT2D eigenvalue weighted by atomic mass is 9.94. The molecule has 2 rings (SSSR count). The van der Waals surface area contributed by atoms with Gasteiger partial charge in [0.25, 0.3) is 0 Å². The summed E-state index contributed by atoms with van der Waals surface area (Å²) in [7, 11) is 0. The number of halogens is 3. The zero-order valence-electron chi connectivity index (χ0n) is 16.1. The summed E-state index contributed by atoms with van der Waals surface area (Å²) >= 11 is 0. The first-order valence-corrected chi connectivity index (χ1v) is 8.33. The van der Waals surface area contributed by atoms with Gasteiger partial charge in [-0.05, 0) is 41.5 Å². The highest BCUT2D eigenvalue weighted by Crippen LogP contribution is 2.44. The minimum atomic E-state index is -4.77. The molecule has 2 aromatic rings. The fourth-order valence-corrected chi connectivity index (χ4v) is 2.63. The number of nitrogens with zero attached hydrogens (tertiary/aromatic N) is 3. The van der Waals surface area contributed by atoms with Crippen LogP contribution >= 0.6 is 0 Å². The fourth-order valence-electron chi connectivity index (χ4n) is 2.63. The number of aliphatic hydroxyl groups is 2. The maximum atomic E-state index is 13.8. The SMILES string of the molecule is Cc1c(CO)nn(C(C)(C)C)c1Oc1cncc(C(C)(C)O)c1C(F)(F)F. The van der Waals surface area contributed by atoms with Crippen LogP contribution < -0.4 is 4.74 Å². The number of ether oxygens (including phenoxy) is 1. The van der Waals surface area contributed by atoms with Crippen molar-refractivity contribution in [3.63, 3.8) is 0 Å². The predicted molar refractivity (Wildman–Crippen MR) is 92.4 cm³/mol. The molecule has 27 heavy (non-hydrogen) atoms. The van der Waals surface area contributed by atoms with Gasteiger partial charge in [0.1, 0.15) is 5.56 Å². The van der Waals surface area contributed by atoms with Crippen LogP contribution in [-0.4, -0.2) is 25.0 Å². The molecule has 0 aliphatic heterocycles. The monoisotopic (exact) mass is 387 g/mol. The van der Waals surface area contributed by atoms with Gasteiger partial charge >= 0.3 is 6.18 Å². The highest BCUT2D eigenvalue weighted by atomic mass is 19.4. The van der Waals surface area contributed by atoms with Crippen LogP contribution in [0.3, 0.4) is 0 Å². The number of rotatable bonds is 4. The van der Waals surface area contributed by atoms with Crippen LogP contribution in [0.5, 0.6) is 11.6 Å². The summed E-state index contributed by atoms with van der Waals surface area (Å²) in [6.45, 7) is 9.15. The number of aromatic nitrogens is 3. The lowest BCUT2D eigenvalue weighted by Gasteiger charge is -2.26. The van der Waals surface area contributed by atoms with Crippen LogP contribution in [0.15, 0.2) is 12.4 Å². The maximum absolute atomic E-state index is 13.8. The number of pyridine rings is 1. The molecule has 9 heteroatoms. The minimum absolute atomic E-state index is 0.0757. The van der Waals surface area contributed by atoms with Gasteiger partial charge in [-0.1, -0.05) is 0 Å². The Hall–Kier alpha value is -2.13. The van der Waals surface area contributed by atoms with Gasteiger partial charge in [0.2, 0.25) is 5.88 Å². The van der Waals surface area contributed by atoms with Crippen molar-refractivity contribution in [3.8, 4) is 11.6 Å². The van der Waals surface area contributed by atoms with Gasteiger partial charge < -0.3 is 14.9 Å². The molecule has 0 saturated heterocycles. The lowest BCUT2D eigenvalue weighted by Crippen LogP contribution is -2.25. The lowest BCUT2D eigenvalue weighted by molar-refractivity contribution is -0.141. The molecule has 0 spiro atoms. The summed E-state index contributed by atoms with van der Waals surface area (Å²) in [4.78, 5) is 3.81. The molecule has 0 aliphatic rings. The second-order valence-electron chi connectivity index (χ2n) is 7.84. The van der Waals surface area contributed by atoms with Gasteiger partial charge in [0, 0.05) is 17.3 Å². The van der Waals surface area contributed by atoms with Crippen molar-refractivity contribution in [3.05, 3.63) is 34.8 Å². The highest BCUT2D eigenvalue weighted by Gasteiger charge is 2.41. The van der Waals surface area contributed by atoms with E-state index in [9.17, 15) is 23.4 Å². The van der Waals surface area contributed by atoms with Crippen LogP contribution in [-0.2, 0) is 23.9 Å². The molecular weight excluding hydrogens is 363 g/mol. The first-order chi connectivity index (χ1) is 12.2. The first kappa shape index (κ1) is 21.2. The van der Waals surface area contributed by atoms with E-state index in [1.165, 1.54) is 18.5 Å². The summed E-state index contributed by atoms with van der Waals surface area (Å²) < 4.78 is 48.4. The molecule has 0 radical (unpaired) electrons. The van der Waals surface area contributed by atoms with E-state index in [1.807, 2.05) is 20.8 Å². The summed E-state index contributed by atoms with van der Waals surface area (Å²) in [5, 5.41) is 23.9. The van der Waals surface area contributed by atoms with E-state index in [4.69, 9.17) is 4.74 Å². The van der Waals surface area contributed by atoms with Crippen molar-refractivity contribution >= 4 is 0 Å². The zero-order valence-corrected chi connectivity index (χ0v) is 16.1. The van der Waals surface area contributed by atoms with Gasteiger partial charge in [-0.2, -0.15) is 18.3 Å². The Balaban J connectivity index is 2.71. The smallest absolute Gasteiger partial charge is 0.420 e. The molecule has 6 nitrogen and oxygen atoms in total. The molecule has 0 atom stereocenters. The Labute approximate surface area is 155 Å². The highest BCUT2D eigenvalue weighted by molar-refractivity contribution is 5.45. The Bertz CT molecular complexity index is 831. The van der Waals surface area contributed by atoms with Crippen LogP contribution in [0.4, 0.5) is 13.2 Å². The van der Waals surface area contributed by atoms with E-state index in [1.54, 1.807) is 6.92 Å². The molecule has 2 heterocycles. The number of hydrogen-bond acceptors (Lipinski definition) is 5. The molecule has 0 aromatic carbocycles. The summed E-state index contributed by atoms with van der Waals surface area (Å²) in [6.07, 6.45) is -2.84. The molecular formula is C18H24F3N3O3. The Morgan fingerprint density at radius 3 is 2.15 bits per heavy atom. The van der Waals surface area contributed by atoms with Crippen molar-refractivity contribution in [2.24, 2.45) is 0 Å². The van der Waals surface area contributed by atoms with E-state index in [0.29, 0.717) is 11.3 Å². The molecule has 0 fully saturated rings. The van der Waals surface area contributed by atoms with Crippen molar-refractivity contribution in [2.75, 3.05) is 0 Å². The molecule has 2 aromatic heterocycles. The van der Waals surface area contributed by atoms with Crippen LogP contribution in [0.1, 0.15) is 57.0 Å². The molecule has 2 N–H and O–H groups in total. The van der Waals surface area contributed by atoms with Crippen LogP contribution in [0.25, 0.3) is 0 Å². The van der Waals surface area contributed by atoms with Gasteiger partial charge in [0.05, 0.1) is 29.6 Å². The summed E-state index contributed by atoms with van der Waals surface area (Å²) in [5.74, 6) is -0.466. The molecule has 150 valence electrons. The topological polar surface area (TPSA) is 80.4 Å². The normalized spacial score (nSPS) is 13.1. The van der Waals surface area contributed by atoms with Crippen molar-refractivity contribution in [1.82, 2.24) is 14.8 Å². The number of hydrogen-bond donors (Lipinski definition) is 2. The van der Waals surface area contributed by atoms with E-state index in [2.05, 4.69) is 10.1 Å². The quantitative estimate of drug-likeness (QED) is 0.832. The van der Waals surface area contributed by atoms with Gasteiger partial charge in [-0.3, -0.25) is 4.98 Å². The maximum Gasteiger partial charge on any atom is 0.420 e. The second kappa shape index (κ2) is 6.79. The largest absolute Gasteiger partial charge is 0.437 e. The van der Waals surface area contributed by atoms with Crippen LogP contribution in [0, 0.1) is 6.92 Å². The van der Waals surface area contributed by atoms with Crippen molar-refractivity contribution in [1.29, 1.82) is 0 Å². The Kier molecular flexibility index (Phi) is 5.33. The molecule has 0 aliphatic carbocycles. The van der Waals surface area contributed by atoms with E-state index >= 15 is 0 Å². The second-order valence-corrected chi connectivity index (χ2v) is 7.84. The summed E-state index contributed by atoms with van der Waals surface area (Å²) in [5.41, 5.74) is -3.14. The standard InChI is InChI=1S/C18H24F3N3O3/c1-10-12(9-25)23-24(16(2,3)4)15(10)27-13-8-22-7-11(17(5,6)26)14(13)18(19,20)21/h7-8,25-26H,9H2,1-6H3. The van der Waals surface area contributed by atoms with Gasteiger partial charge in [-0.15, -0.1) is 0 Å². The number of aliphatic hydroxyl groups excluding tert-OH is 1. The molecule has 0 bridgehead atoms. The Morgan fingerprint density at radius 2 is 1.70 bits per heavy atom. The van der Waals surface area contributed by atoms with Crippen molar-refractivity contribution < 1.29 is 28.1 Å². The van der Waals surface area contributed by atoms with Crippen LogP contribution in [0.2, 0.25) is 0 Å². The molecule has 0 unspecified atom stereocenters. The minimum Gasteiger partial charge on any atom is -0.437 e. The average molecular weight is 387 g/mol. The average Bonchev–Trinajstić information content (AvgIpc) is 2.81. The third-order valence-corrected chi connectivity index (χ3v) is 4.01. The Morgan fingerprint density at radius 1 is 1.11 bits per heavy atom. The van der Waals surface area contributed by atoms with Gasteiger partial charge in [-0.25, -0.2) is 4.68 Å². The summed E-state index contributed by atoms with van der Waals surface area (Å²) in [6, 6.07) is 0. The van der Waals surface area contributed by atoms with E-state index in [0.717, 1.165) is 12.4 Å². The third kappa shape index (κ3) is 4.24. The zero-order chi connectivity index (χ0) is 20.8. The van der Waals surface area contributed by atoms with E-state index < -0.39 is 34.2 Å². The number of alkyl halides is 3. The fraction of sp³-hybridized carbons (Fsp3) is 0.556. The molecule has 0 amide bonds. The first-order valence-electron chi connectivity index (χ1n) is 8.33. The predicted octanol–water partition coefficient (Wildman–Crippen LogP) is 3.87. The van der Waals surface area contributed by atoms with Crippen molar-refractivity contribution in [2.45, 2.75) is 65.5 Å². The third-order valence-electron chi connectivity index (χ3n) is 4.01. The van der Waals surface area contributed by atoms with E-state index in [-0.39, 0.29) is 12.5 Å².